The average molecular weight is 698 g/mol. The summed E-state index contributed by atoms with van der Waals surface area (Å²) in [5.41, 5.74) is 10.3. The van der Waals surface area contributed by atoms with Crippen LogP contribution in [0.3, 0.4) is 0 Å². The van der Waals surface area contributed by atoms with E-state index in [2.05, 4.69) is 44.5 Å². The SMILES string of the molecule is CCC(NNC(=S)/N=C1\SCC(=O)N1c1cc(OC)ccc1CC(C)C)c1ccc(-c2ncn(-c3ccc(OC(F)(F)F)cc3)n2)cc1. The number of rotatable bonds is 11. The molecule has 1 atom stereocenters. The van der Waals surface area contributed by atoms with Crippen molar-refractivity contribution in [1.82, 2.24) is 25.6 Å². The zero-order chi connectivity index (χ0) is 34.4. The van der Waals surface area contributed by atoms with Crippen molar-refractivity contribution < 1.29 is 27.4 Å². The van der Waals surface area contributed by atoms with Crippen LogP contribution >= 0.6 is 24.0 Å². The second-order valence-electron chi connectivity index (χ2n) is 11.2. The highest BCUT2D eigenvalue weighted by molar-refractivity contribution is 8.15. The molecule has 4 aromatic rings. The first-order chi connectivity index (χ1) is 22.9. The van der Waals surface area contributed by atoms with Crippen LogP contribution in [0.25, 0.3) is 17.1 Å². The maximum atomic E-state index is 13.0. The van der Waals surface area contributed by atoms with Crippen molar-refractivity contribution in [2.75, 3.05) is 17.8 Å². The number of halogens is 3. The molecule has 15 heteroatoms. The number of alkyl halides is 3. The van der Waals surface area contributed by atoms with Crippen LogP contribution in [0.5, 0.6) is 11.5 Å². The fraction of sp³-hybridized carbons (Fsp3) is 0.303. The summed E-state index contributed by atoms with van der Waals surface area (Å²) in [6, 6.07) is 18.7. The van der Waals surface area contributed by atoms with Gasteiger partial charge in [-0.1, -0.05) is 62.9 Å². The molecule has 1 amide bonds. The molecule has 0 saturated carbocycles. The number of methoxy groups -OCH3 is 1. The molecule has 2 N–H and O–H groups in total. The van der Waals surface area contributed by atoms with Crippen LogP contribution in [0.1, 0.15) is 44.4 Å². The van der Waals surface area contributed by atoms with E-state index in [4.69, 9.17) is 17.0 Å². The van der Waals surface area contributed by atoms with Gasteiger partial charge in [0.05, 0.1) is 30.3 Å². The zero-order valence-electron chi connectivity index (χ0n) is 26.6. The Kier molecular flexibility index (Phi) is 11.0. The van der Waals surface area contributed by atoms with Gasteiger partial charge in [-0.3, -0.25) is 15.1 Å². The van der Waals surface area contributed by atoms with Crippen LogP contribution in [0.4, 0.5) is 18.9 Å². The van der Waals surface area contributed by atoms with Crippen molar-refractivity contribution in [3.05, 3.63) is 84.2 Å². The van der Waals surface area contributed by atoms with E-state index in [1.165, 1.54) is 47.0 Å². The molecule has 1 aliphatic heterocycles. The van der Waals surface area contributed by atoms with Crippen molar-refractivity contribution in [2.45, 2.75) is 46.0 Å². The number of benzene rings is 3. The fourth-order valence-corrected chi connectivity index (χ4v) is 6.11. The Balaban J connectivity index is 1.23. The number of carbonyl (C=O) groups is 1. The van der Waals surface area contributed by atoms with Gasteiger partial charge >= 0.3 is 6.36 Å². The number of ether oxygens (including phenoxy) is 2. The Bertz CT molecular complexity index is 1780. The molecule has 48 heavy (non-hydrogen) atoms. The molecule has 252 valence electrons. The summed E-state index contributed by atoms with van der Waals surface area (Å²) in [6.45, 7) is 6.29. The number of nitrogens with zero attached hydrogens (tertiary/aromatic N) is 5. The molecular formula is C33H34F3N7O3S2. The summed E-state index contributed by atoms with van der Waals surface area (Å²) in [7, 11) is 1.59. The van der Waals surface area contributed by atoms with Crippen LogP contribution in [0.2, 0.25) is 0 Å². The number of aromatic nitrogens is 3. The van der Waals surface area contributed by atoms with E-state index in [9.17, 15) is 18.0 Å². The van der Waals surface area contributed by atoms with E-state index in [0.717, 1.165) is 35.2 Å². The monoisotopic (exact) mass is 697 g/mol. The summed E-state index contributed by atoms with van der Waals surface area (Å²) in [6.07, 6.45) is -1.75. The summed E-state index contributed by atoms with van der Waals surface area (Å²) in [4.78, 5) is 23.6. The minimum absolute atomic E-state index is 0.0768. The summed E-state index contributed by atoms with van der Waals surface area (Å²) in [5.74, 6) is 1.36. The number of hydrogen-bond acceptors (Lipinski definition) is 8. The van der Waals surface area contributed by atoms with Gasteiger partial charge in [0.25, 0.3) is 0 Å². The molecule has 3 aromatic carbocycles. The molecule has 1 saturated heterocycles. The third-order valence-corrected chi connectivity index (χ3v) is 8.40. The van der Waals surface area contributed by atoms with Crippen LogP contribution < -0.4 is 25.2 Å². The first-order valence-electron chi connectivity index (χ1n) is 15.1. The number of thiocarbonyl (C=S) groups is 1. The van der Waals surface area contributed by atoms with Gasteiger partial charge in [-0.05, 0) is 72.4 Å². The number of amidine groups is 1. The smallest absolute Gasteiger partial charge is 0.497 e. The fourth-order valence-electron chi connectivity index (χ4n) is 5.04. The molecule has 10 nitrogen and oxygen atoms in total. The second-order valence-corrected chi connectivity index (χ2v) is 12.5. The Hall–Kier alpha value is -4.47. The maximum Gasteiger partial charge on any atom is 0.573 e. The molecule has 1 fully saturated rings. The van der Waals surface area contributed by atoms with Crippen molar-refractivity contribution in [3.63, 3.8) is 0 Å². The van der Waals surface area contributed by atoms with E-state index in [0.29, 0.717) is 28.3 Å². The molecule has 0 aliphatic carbocycles. The minimum atomic E-state index is -4.76. The number of amides is 1. The summed E-state index contributed by atoms with van der Waals surface area (Å²) >= 11 is 6.88. The van der Waals surface area contributed by atoms with Crippen LogP contribution in [-0.4, -0.2) is 50.2 Å². The van der Waals surface area contributed by atoms with Gasteiger partial charge in [0, 0.05) is 11.6 Å². The third-order valence-electron chi connectivity index (χ3n) is 7.28. The Labute approximate surface area is 285 Å². The highest BCUT2D eigenvalue weighted by Gasteiger charge is 2.32. The number of thioether (sulfide) groups is 1. The molecule has 5 rings (SSSR count). The lowest BCUT2D eigenvalue weighted by Crippen LogP contribution is -2.39. The molecule has 0 spiro atoms. The first-order valence-corrected chi connectivity index (χ1v) is 16.5. The number of hydrazine groups is 1. The molecule has 1 unspecified atom stereocenters. The number of aliphatic imine (C=N–C) groups is 1. The predicted octanol–water partition coefficient (Wildman–Crippen LogP) is 7.01. The number of anilines is 1. The minimum Gasteiger partial charge on any atom is -0.497 e. The van der Waals surface area contributed by atoms with Gasteiger partial charge in [0.15, 0.2) is 11.0 Å². The first kappa shape index (κ1) is 34.9. The van der Waals surface area contributed by atoms with Gasteiger partial charge in [-0.2, -0.15) is 4.99 Å². The van der Waals surface area contributed by atoms with Gasteiger partial charge in [-0.25, -0.2) is 15.1 Å². The van der Waals surface area contributed by atoms with Crippen LogP contribution in [-0.2, 0) is 11.2 Å². The van der Waals surface area contributed by atoms with E-state index >= 15 is 0 Å². The van der Waals surface area contributed by atoms with Crippen molar-refractivity contribution >= 4 is 45.9 Å². The van der Waals surface area contributed by atoms with E-state index < -0.39 is 6.36 Å². The standard InChI is InChI=1S/C33H34F3N7O3S2/c1-5-27(21-6-8-22(9-7-21)30-37-19-42(41-30)24-11-14-25(15-12-24)46-33(34,35)36)39-40-31(47)38-32-43(29(44)18-48-32)28-17-26(45-4)13-10-23(28)16-20(2)3/h6-15,17,19-20,27,39H,5,16,18H2,1-4H3,(H,40,47)/b38-32-. The quantitative estimate of drug-likeness (QED) is 0.127. The van der Waals surface area contributed by atoms with Crippen molar-refractivity contribution in [3.8, 4) is 28.6 Å². The van der Waals surface area contributed by atoms with Gasteiger partial charge in [0.1, 0.15) is 17.8 Å². The van der Waals surface area contributed by atoms with Gasteiger partial charge in [0.2, 0.25) is 11.0 Å². The van der Waals surface area contributed by atoms with Crippen molar-refractivity contribution in [1.29, 1.82) is 0 Å². The third kappa shape index (κ3) is 8.70. The molecule has 1 aliphatic rings. The Morgan fingerprint density at radius 2 is 1.79 bits per heavy atom. The van der Waals surface area contributed by atoms with E-state index in [1.54, 1.807) is 12.0 Å². The summed E-state index contributed by atoms with van der Waals surface area (Å²) < 4.78 is 48.2. The summed E-state index contributed by atoms with van der Waals surface area (Å²) in [5, 5.41) is 5.15. The van der Waals surface area contributed by atoms with E-state index in [1.807, 2.05) is 49.4 Å². The second kappa shape index (κ2) is 15.2. The topological polar surface area (TPSA) is 106 Å². The lowest BCUT2D eigenvalue weighted by molar-refractivity contribution is -0.274. The van der Waals surface area contributed by atoms with Gasteiger partial charge < -0.3 is 9.47 Å². The van der Waals surface area contributed by atoms with Crippen LogP contribution in [0, 0.1) is 5.92 Å². The highest BCUT2D eigenvalue weighted by atomic mass is 32.2. The number of carbonyl (C=O) groups excluding carboxylic acids is 1. The lowest BCUT2D eigenvalue weighted by Gasteiger charge is -2.22. The molecule has 0 bridgehead atoms. The maximum absolute atomic E-state index is 13.0. The largest absolute Gasteiger partial charge is 0.573 e. The molecule has 2 heterocycles. The molecule has 1 aromatic heterocycles. The predicted molar refractivity (Wildman–Crippen MR) is 184 cm³/mol. The normalized spacial score (nSPS) is 14.9. The van der Waals surface area contributed by atoms with E-state index in [-0.39, 0.29) is 28.6 Å². The van der Waals surface area contributed by atoms with Crippen LogP contribution in [0.15, 0.2) is 78.0 Å². The average Bonchev–Trinajstić information content (AvgIpc) is 3.68. The Morgan fingerprint density at radius 3 is 2.44 bits per heavy atom. The number of hydrogen-bond donors (Lipinski definition) is 2. The highest BCUT2D eigenvalue weighted by Crippen LogP contribution is 2.34. The number of nitrogens with one attached hydrogen (secondary N) is 2. The Morgan fingerprint density at radius 1 is 1.08 bits per heavy atom. The van der Waals surface area contributed by atoms with Crippen molar-refractivity contribution in [2.24, 2.45) is 10.9 Å². The molecule has 0 radical (unpaired) electrons. The zero-order valence-corrected chi connectivity index (χ0v) is 28.2. The van der Waals surface area contributed by atoms with Gasteiger partial charge in [-0.15, -0.1) is 18.3 Å². The molecular weight excluding hydrogens is 664 g/mol. The lowest BCUT2D eigenvalue weighted by atomic mass is 10.0.